The molecule has 3 aromatic rings. The van der Waals surface area contributed by atoms with E-state index < -0.39 is 0 Å². The summed E-state index contributed by atoms with van der Waals surface area (Å²) in [5.74, 6) is 0.964. The molecule has 166 valence electrons. The highest BCUT2D eigenvalue weighted by Crippen LogP contribution is 2.35. The van der Waals surface area contributed by atoms with E-state index >= 15 is 0 Å². The summed E-state index contributed by atoms with van der Waals surface area (Å²) >= 11 is 0. The van der Waals surface area contributed by atoms with E-state index in [0.29, 0.717) is 24.1 Å². The molecule has 1 aromatic heterocycles. The van der Waals surface area contributed by atoms with Crippen LogP contribution >= 0.6 is 0 Å². The number of ether oxygens (including phenoxy) is 2. The average molecular weight is 435 g/mol. The minimum atomic E-state index is -0.303. The van der Waals surface area contributed by atoms with Gasteiger partial charge in [-0.3, -0.25) is 14.9 Å². The number of benzene rings is 2. The van der Waals surface area contributed by atoms with Crippen molar-refractivity contribution in [1.29, 1.82) is 0 Å². The van der Waals surface area contributed by atoms with Gasteiger partial charge in [-0.1, -0.05) is 23.8 Å². The molecule has 0 saturated carbocycles. The number of nitrogens with one attached hydrogen (secondary N) is 2. The van der Waals surface area contributed by atoms with Gasteiger partial charge in [-0.15, -0.1) is 0 Å². The lowest BCUT2D eigenvalue weighted by Crippen LogP contribution is -2.29. The largest absolute Gasteiger partial charge is 0.490 e. The number of amides is 2. The molecule has 1 aliphatic heterocycles. The quantitative estimate of drug-likeness (QED) is 0.590. The zero-order valence-electron chi connectivity index (χ0n) is 18.2. The summed E-state index contributed by atoms with van der Waals surface area (Å²) < 4.78 is 13.2. The van der Waals surface area contributed by atoms with E-state index in [2.05, 4.69) is 20.7 Å². The number of carbonyl (C=O) groups excluding carboxylic acids is 2. The van der Waals surface area contributed by atoms with Crippen LogP contribution in [-0.2, 0) is 9.59 Å². The van der Waals surface area contributed by atoms with Crippen LogP contribution in [0.25, 0.3) is 0 Å². The van der Waals surface area contributed by atoms with Crippen LogP contribution in [-0.4, -0.2) is 39.8 Å². The summed E-state index contributed by atoms with van der Waals surface area (Å²) in [7, 11) is 0. The van der Waals surface area contributed by atoms with Crippen LogP contribution in [0.4, 0.5) is 11.6 Å². The highest BCUT2D eigenvalue weighted by Gasteiger charge is 2.28. The first-order valence-corrected chi connectivity index (χ1v) is 10.4. The third-order valence-corrected chi connectivity index (χ3v) is 5.17. The maximum absolute atomic E-state index is 12.4. The van der Waals surface area contributed by atoms with Gasteiger partial charge in [0.15, 0.2) is 18.1 Å². The van der Waals surface area contributed by atoms with Gasteiger partial charge in [0.1, 0.15) is 6.33 Å². The van der Waals surface area contributed by atoms with Crippen molar-refractivity contribution in [2.24, 2.45) is 0 Å². The molecule has 9 heteroatoms. The molecule has 1 unspecified atom stereocenters. The average Bonchev–Trinajstić information content (AvgIpc) is 3.23. The Labute approximate surface area is 185 Å². The van der Waals surface area contributed by atoms with E-state index in [9.17, 15) is 9.59 Å². The lowest BCUT2D eigenvalue weighted by Gasteiger charge is -2.24. The molecule has 0 saturated heterocycles. The SMILES string of the molecule is CCOc1cc(C2CC(=O)Nc3ncnn32)ccc1OCC(=O)Nc1ccc(C)cc1C. The molecule has 2 aromatic carbocycles. The van der Waals surface area contributed by atoms with Crippen molar-refractivity contribution in [2.75, 3.05) is 23.8 Å². The summed E-state index contributed by atoms with van der Waals surface area (Å²) in [5.41, 5.74) is 3.71. The van der Waals surface area contributed by atoms with E-state index in [1.165, 1.54) is 6.33 Å². The molecule has 9 nitrogen and oxygen atoms in total. The molecule has 1 atom stereocenters. The standard InChI is InChI=1S/C23H25N5O4/c1-4-31-20-10-16(18-11-21(29)27-23-24-13-25-28(18)23)6-8-19(20)32-12-22(30)26-17-7-5-14(2)9-15(17)3/h5-10,13,18H,4,11-12H2,1-3H3,(H,26,30)(H,24,25,27,29). The molecule has 1 aliphatic rings. The van der Waals surface area contributed by atoms with Crippen LogP contribution in [0.5, 0.6) is 11.5 Å². The summed E-state index contributed by atoms with van der Waals surface area (Å²) in [6.45, 7) is 6.08. The number of aryl methyl sites for hydroxylation is 2. The summed E-state index contributed by atoms with van der Waals surface area (Å²) in [4.78, 5) is 28.5. The van der Waals surface area contributed by atoms with Gasteiger partial charge in [0.25, 0.3) is 5.91 Å². The third-order valence-electron chi connectivity index (χ3n) is 5.17. The Balaban J connectivity index is 1.49. The highest BCUT2D eigenvalue weighted by molar-refractivity contribution is 5.92. The van der Waals surface area contributed by atoms with Gasteiger partial charge in [-0.2, -0.15) is 10.1 Å². The Kier molecular flexibility index (Phi) is 6.07. The lowest BCUT2D eigenvalue weighted by molar-refractivity contribution is -0.118. The molecule has 2 N–H and O–H groups in total. The van der Waals surface area contributed by atoms with E-state index in [1.54, 1.807) is 10.7 Å². The first kappa shape index (κ1) is 21.4. The molecule has 0 fully saturated rings. The van der Waals surface area contributed by atoms with Crippen LogP contribution in [0.1, 0.15) is 36.1 Å². The maximum atomic E-state index is 12.4. The number of rotatable bonds is 7. The number of fused-ring (bicyclic) bond motifs is 1. The molecule has 2 amide bonds. The van der Waals surface area contributed by atoms with E-state index in [-0.39, 0.29) is 30.9 Å². The number of carbonyl (C=O) groups is 2. The molecule has 0 radical (unpaired) electrons. The second kappa shape index (κ2) is 9.09. The van der Waals surface area contributed by atoms with Gasteiger partial charge < -0.3 is 14.8 Å². The van der Waals surface area contributed by atoms with Crippen LogP contribution in [0.2, 0.25) is 0 Å². The van der Waals surface area contributed by atoms with Gasteiger partial charge >= 0.3 is 0 Å². The van der Waals surface area contributed by atoms with E-state index in [4.69, 9.17) is 9.47 Å². The number of aromatic nitrogens is 3. The molecule has 0 bridgehead atoms. The van der Waals surface area contributed by atoms with Gasteiger partial charge in [0.05, 0.1) is 19.1 Å². The van der Waals surface area contributed by atoms with Gasteiger partial charge in [-0.25, -0.2) is 4.68 Å². The topological polar surface area (TPSA) is 107 Å². The number of hydrogen-bond donors (Lipinski definition) is 2. The normalized spacial score (nSPS) is 15.0. The van der Waals surface area contributed by atoms with Crippen molar-refractivity contribution >= 4 is 23.5 Å². The van der Waals surface area contributed by atoms with Crippen molar-refractivity contribution in [3.63, 3.8) is 0 Å². The van der Waals surface area contributed by atoms with Crippen molar-refractivity contribution in [3.05, 3.63) is 59.4 Å². The number of hydrogen-bond acceptors (Lipinski definition) is 6. The Morgan fingerprint density at radius 3 is 2.81 bits per heavy atom. The number of nitrogens with zero attached hydrogens (tertiary/aromatic N) is 3. The second-order valence-corrected chi connectivity index (χ2v) is 7.59. The molecule has 4 rings (SSSR count). The van der Waals surface area contributed by atoms with Crippen molar-refractivity contribution in [2.45, 2.75) is 33.2 Å². The Hall–Kier alpha value is -3.88. The lowest BCUT2D eigenvalue weighted by atomic mass is 10.0. The summed E-state index contributed by atoms with van der Waals surface area (Å²) in [5, 5.41) is 9.79. The zero-order valence-corrected chi connectivity index (χ0v) is 18.2. The van der Waals surface area contributed by atoms with Crippen LogP contribution in [0.3, 0.4) is 0 Å². The third kappa shape index (κ3) is 4.56. The fourth-order valence-electron chi connectivity index (χ4n) is 3.67. The molecule has 32 heavy (non-hydrogen) atoms. The Morgan fingerprint density at radius 1 is 1.19 bits per heavy atom. The fourth-order valence-corrected chi connectivity index (χ4v) is 3.67. The maximum Gasteiger partial charge on any atom is 0.262 e. The Morgan fingerprint density at radius 2 is 2.03 bits per heavy atom. The van der Waals surface area contributed by atoms with Crippen molar-refractivity contribution in [3.8, 4) is 11.5 Å². The Bertz CT molecular complexity index is 1160. The smallest absolute Gasteiger partial charge is 0.262 e. The van der Waals surface area contributed by atoms with Crippen LogP contribution < -0.4 is 20.1 Å². The van der Waals surface area contributed by atoms with Crippen LogP contribution in [0, 0.1) is 13.8 Å². The van der Waals surface area contributed by atoms with Crippen molar-refractivity contribution < 1.29 is 19.1 Å². The summed E-state index contributed by atoms with van der Waals surface area (Å²) in [6, 6.07) is 10.9. The van der Waals surface area contributed by atoms with E-state index in [1.807, 2.05) is 51.1 Å². The van der Waals surface area contributed by atoms with Gasteiger partial charge in [0.2, 0.25) is 11.9 Å². The second-order valence-electron chi connectivity index (χ2n) is 7.59. The van der Waals surface area contributed by atoms with Gasteiger partial charge in [0, 0.05) is 5.69 Å². The van der Waals surface area contributed by atoms with Crippen LogP contribution in [0.15, 0.2) is 42.7 Å². The minimum Gasteiger partial charge on any atom is -0.490 e. The molecule has 2 heterocycles. The molecule has 0 spiro atoms. The summed E-state index contributed by atoms with van der Waals surface area (Å²) in [6.07, 6.45) is 1.64. The first-order valence-electron chi connectivity index (χ1n) is 10.4. The predicted molar refractivity (Wildman–Crippen MR) is 119 cm³/mol. The monoisotopic (exact) mass is 435 g/mol. The predicted octanol–water partition coefficient (Wildman–Crippen LogP) is 3.24. The minimum absolute atomic E-state index is 0.128. The first-order chi connectivity index (χ1) is 15.4. The highest BCUT2D eigenvalue weighted by atomic mass is 16.5. The zero-order chi connectivity index (χ0) is 22.7. The molecular formula is C23H25N5O4. The fraction of sp³-hybridized carbons (Fsp3) is 0.304. The van der Waals surface area contributed by atoms with Gasteiger partial charge in [-0.05, 0) is 50.1 Å². The number of anilines is 2. The molecular weight excluding hydrogens is 410 g/mol. The van der Waals surface area contributed by atoms with Crippen molar-refractivity contribution in [1.82, 2.24) is 14.8 Å². The molecule has 0 aliphatic carbocycles. The van der Waals surface area contributed by atoms with E-state index in [0.717, 1.165) is 22.4 Å².